The lowest BCUT2D eigenvalue weighted by atomic mass is 10.1. The molecular formula is C13H24N4O2. The predicted molar refractivity (Wildman–Crippen MR) is 71.8 cm³/mol. The number of morpholine rings is 1. The van der Waals surface area contributed by atoms with Gasteiger partial charge in [0, 0.05) is 26.7 Å². The van der Waals surface area contributed by atoms with Gasteiger partial charge in [-0.05, 0) is 20.8 Å². The summed E-state index contributed by atoms with van der Waals surface area (Å²) in [5.74, 6) is 1.01. The predicted octanol–water partition coefficient (Wildman–Crippen LogP) is 0.924. The van der Waals surface area contributed by atoms with Crippen LogP contribution in [-0.2, 0) is 22.6 Å². The van der Waals surface area contributed by atoms with Gasteiger partial charge in [0.15, 0.2) is 0 Å². The lowest BCUT2D eigenvalue weighted by molar-refractivity contribution is -0.154. The summed E-state index contributed by atoms with van der Waals surface area (Å²) in [5, 5.41) is 4.21. The summed E-state index contributed by atoms with van der Waals surface area (Å²) in [5.41, 5.74) is -0.154. The van der Waals surface area contributed by atoms with Crippen molar-refractivity contribution in [3.05, 3.63) is 12.2 Å². The first-order valence-corrected chi connectivity index (χ1v) is 6.80. The molecule has 1 aromatic rings. The van der Waals surface area contributed by atoms with Crippen molar-refractivity contribution in [2.45, 2.75) is 45.6 Å². The second kappa shape index (κ2) is 5.98. The minimum absolute atomic E-state index is 0.117. The van der Waals surface area contributed by atoms with Crippen molar-refractivity contribution < 1.29 is 9.47 Å². The average molecular weight is 268 g/mol. The Labute approximate surface area is 114 Å². The molecular weight excluding hydrogens is 244 g/mol. The Morgan fingerprint density at radius 1 is 1.53 bits per heavy atom. The van der Waals surface area contributed by atoms with Crippen LogP contribution < -0.4 is 0 Å². The number of aryl methyl sites for hydroxylation is 1. The SMILES string of the molecule is CCn1ncnc1CN1C[C@H](COC)OC(C)(C)C1. The van der Waals surface area contributed by atoms with Crippen molar-refractivity contribution in [1.29, 1.82) is 0 Å². The highest BCUT2D eigenvalue weighted by molar-refractivity contribution is 4.90. The molecule has 1 aliphatic rings. The Bertz CT molecular complexity index is 405. The third-order valence-corrected chi connectivity index (χ3v) is 3.26. The lowest BCUT2D eigenvalue weighted by Gasteiger charge is -2.42. The van der Waals surface area contributed by atoms with Crippen LogP contribution in [0.3, 0.4) is 0 Å². The Morgan fingerprint density at radius 2 is 2.32 bits per heavy atom. The molecule has 0 saturated carbocycles. The smallest absolute Gasteiger partial charge is 0.140 e. The Kier molecular flexibility index (Phi) is 4.54. The van der Waals surface area contributed by atoms with E-state index in [4.69, 9.17) is 9.47 Å². The molecule has 0 aromatic carbocycles. The van der Waals surface area contributed by atoms with Crippen LogP contribution in [0, 0.1) is 0 Å². The van der Waals surface area contributed by atoms with Gasteiger partial charge in [-0.2, -0.15) is 5.10 Å². The number of nitrogens with zero attached hydrogens (tertiary/aromatic N) is 4. The van der Waals surface area contributed by atoms with Gasteiger partial charge < -0.3 is 9.47 Å². The van der Waals surface area contributed by atoms with E-state index in [2.05, 4.69) is 35.8 Å². The van der Waals surface area contributed by atoms with Crippen LogP contribution in [0.25, 0.3) is 0 Å². The first kappa shape index (κ1) is 14.4. The molecule has 108 valence electrons. The largest absolute Gasteiger partial charge is 0.382 e. The molecule has 1 aliphatic heterocycles. The maximum atomic E-state index is 6.01. The third-order valence-electron chi connectivity index (χ3n) is 3.26. The number of aromatic nitrogens is 3. The molecule has 1 atom stereocenters. The maximum absolute atomic E-state index is 6.01. The molecule has 2 rings (SSSR count). The third kappa shape index (κ3) is 3.75. The van der Waals surface area contributed by atoms with Gasteiger partial charge in [0.1, 0.15) is 12.2 Å². The highest BCUT2D eigenvalue weighted by Gasteiger charge is 2.33. The molecule has 19 heavy (non-hydrogen) atoms. The zero-order valence-corrected chi connectivity index (χ0v) is 12.3. The van der Waals surface area contributed by atoms with Crippen LogP contribution in [0.5, 0.6) is 0 Å². The molecule has 2 heterocycles. The van der Waals surface area contributed by atoms with Gasteiger partial charge in [0.2, 0.25) is 0 Å². The van der Waals surface area contributed by atoms with Crippen LogP contribution in [0.2, 0.25) is 0 Å². The molecule has 0 bridgehead atoms. The molecule has 1 saturated heterocycles. The van der Waals surface area contributed by atoms with Gasteiger partial charge in [0.25, 0.3) is 0 Å². The Morgan fingerprint density at radius 3 is 3.00 bits per heavy atom. The van der Waals surface area contributed by atoms with Crippen molar-refractivity contribution in [2.75, 3.05) is 26.8 Å². The highest BCUT2D eigenvalue weighted by atomic mass is 16.5. The van der Waals surface area contributed by atoms with Crippen molar-refractivity contribution >= 4 is 0 Å². The number of hydrogen-bond donors (Lipinski definition) is 0. The summed E-state index contributed by atoms with van der Waals surface area (Å²) < 4.78 is 13.2. The summed E-state index contributed by atoms with van der Waals surface area (Å²) >= 11 is 0. The summed E-state index contributed by atoms with van der Waals surface area (Å²) in [6, 6.07) is 0. The van der Waals surface area contributed by atoms with Crippen molar-refractivity contribution in [2.24, 2.45) is 0 Å². The molecule has 0 aliphatic carbocycles. The molecule has 0 amide bonds. The molecule has 0 radical (unpaired) electrons. The van der Waals surface area contributed by atoms with E-state index in [1.165, 1.54) is 0 Å². The van der Waals surface area contributed by atoms with Crippen molar-refractivity contribution in [3.8, 4) is 0 Å². The number of ether oxygens (including phenoxy) is 2. The molecule has 0 N–H and O–H groups in total. The van der Waals surface area contributed by atoms with Crippen LogP contribution in [0.15, 0.2) is 6.33 Å². The standard InChI is InChI=1S/C13H24N4O2/c1-5-17-12(14-10-15-17)7-16-6-11(8-18-4)19-13(2,3)9-16/h10-11H,5-9H2,1-4H3/t11-/m1/s1. The van der Waals surface area contributed by atoms with Crippen molar-refractivity contribution in [1.82, 2.24) is 19.7 Å². The summed E-state index contributed by atoms with van der Waals surface area (Å²) in [6.07, 6.45) is 1.74. The van der Waals surface area contributed by atoms with Gasteiger partial charge >= 0.3 is 0 Å². The van der Waals surface area contributed by atoms with E-state index in [1.807, 2.05) is 4.68 Å². The zero-order valence-electron chi connectivity index (χ0n) is 12.3. The first-order chi connectivity index (χ1) is 9.04. The first-order valence-electron chi connectivity index (χ1n) is 6.80. The summed E-state index contributed by atoms with van der Waals surface area (Å²) in [4.78, 5) is 6.70. The van der Waals surface area contributed by atoms with Crippen LogP contribution in [-0.4, -0.2) is 58.2 Å². The van der Waals surface area contributed by atoms with Gasteiger partial charge in [-0.3, -0.25) is 4.90 Å². The fourth-order valence-electron chi connectivity index (χ4n) is 2.68. The second-order valence-electron chi connectivity index (χ2n) is 5.62. The number of methoxy groups -OCH3 is 1. The monoisotopic (exact) mass is 268 g/mol. The Hall–Kier alpha value is -0.980. The lowest BCUT2D eigenvalue weighted by Crippen LogP contribution is -2.53. The molecule has 0 unspecified atom stereocenters. The normalized spacial score (nSPS) is 23.7. The zero-order chi connectivity index (χ0) is 13.9. The minimum atomic E-state index is -0.154. The van der Waals surface area contributed by atoms with E-state index in [0.717, 1.165) is 32.0 Å². The highest BCUT2D eigenvalue weighted by Crippen LogP contribution is 2.22. The average Bonchev–Trinajstić information content (AvgIpc) is 2.74. The number of hydrogen-bond acceptors (Lipinski definition) is 5. The van der Waals surface area contributed by atoms with Crippen LogP contribution in [0.4, 0.5) is 0 Å². The second-order valence-corrected chi connectivity index (χ2v) is 5.62. The molecule has 1 fully saturated rings. The van der Waals surface area contributed by atoms with E-state index >= 15 is 0 Å². The quantitative estimate of drug-likeness (QED) is 0.795. The van der Waals surface area contributed by atoms with E-state index in [0.29, 0.717) is 6.61 Å². The van der Waals surface area contributed by atoms with Gasteiger partial charge in [-0.15, -0.1) is 0 Å². The van der Waals surface area contributed by atoms with Crippen LogP contribution >= 0.6 is 0 Å². The molecule has 6 nitrogen and oxygen atoms in total. The fourth-order valence-corrected chi connectivity index (χ4v) is 2.68. The fraction of sp³-hybridized carbons (Fsp3) is 0.846. The van der Waals surface area contributed by atoms with Gasteiger partial charge in [-0.1, -0.05) is 0 Å². The van der Waals surface area contributed by atoms with E-state index < -0.39 is 0 Å². The van der Waals surface area contributed by atoms with E-state index in [-0.39, 0.29) is 11.7 Å². The minimum Gasteiger partial charge on any atom is -0.382 e. The molecule has 6 heteroatoms. The summed E-state index contributed by atoms with van der Waals surface area (Å²) in [7, 11) is 1.71. The van der Waals surface area contributed by atoms with Crippen LogP contribution in [0.1, 0.15) is 26.6 Å². The molecule has 1 aromatic heterocycles. The molecule has 0 spiro atoms. The maximum Gasteiger partial charge on any atom is 0.140 e. The van der Waals surface area contributed by atoms with Gasteiger partial charge in [-0.25, -0.2) is 9.67 Å². The van der Waals surface area contributed by atoms with E-state index in [9.17, 15) is 0 Å². The Balaban J connectivity index is 2.02. The topological polar surface area (TPSA) is 52.4 Å². The van der Waals surface area contributed by atoms with Crippen molar-refractivity contribution in [3.63, 3.8) is 0 Å². The summed E-state index contributed by atoms with van der Waals surface area (Å²) in [6.45, 7) is 10.4. The number of rotatable bonds is 5. The van der Waals surface area contributed by atoms with E-state index in [1.54, 1.807) is 13.4 Å². The van der Waals surface area contributed by atoms with Gasteiger partial charge in [0.05, 0.1) is 24.9 Å².